The van der Waals surface area contributed by atoms with Gasteiger partial charge in [0, 0.05) is 0 Å². The van der Waals surface area contributed by atoms with E-state index in [0.717, 1.165) is 0 Å². The Morgan fingerprint density at radius 1 is 0.380 bits per heavy atom. The normalized spacial score (nSPS) is 54.5. The van der Waals surface area contributed by atoms with Gasteiger partial charge in [0.2, 0.25) is 6.29 Å². The summed E-state index contributed by atoms with van der Waals surface area (Å²) in [5.74, 6) is -1.70. The number of rotatable bonds is 21. The Labute approximate surface area is 571 Å². The number of aliphatic hydroxyl groups excluding tert-OH is 23. The van der Waals surface area contributed by atoms with Crippen LogP contribution in [0.15, 0.2) is 12.2 Å². The first-order valence-electron chi connectivity index (χ1n) is 33.9. The number of hydrogen-bond acceptors (Lipinski definition) is 38. The molecule has 0 radical (unpaired) electrons. The van der Waals surface area contributed by atoms with E-state index in [1.807, 2.05) is 0 Å². The van der Waals surface area contributed by atoms with Gasteiger partial charge in [-0.1, -0.05) is 19.9 Å². The molecule has 4 aliphatic carbocycles. The van der Waals surface area contributed by atoms with Crippen molar-refractivity contribution in [1.82, 2.24) is 0 Å². The Morgan fingerprint density at radius 3 is 1.13 bits per heavy atom. The fraction of sp³-hybridized carbons (Fsp3) is 0.952. The number of hydrogen-bond donors (Lipinski definition) is 23. The van der Waals surface area contributed by atoms with Crippen molar-refractivity contribution in [2.24, 2.45) is 28.1 Å². The quantitative estimate of drug-likeness (QED) is 0.0288. The molecular formula is C62H100O38. The molecule has 11 aliphatic rings. The van der Waals surface area contributed by atoms with Crippen molar-refractivity contribution in [1.29, 1.82) is 0 Å². The minimum Gasteiger partial charge on any atom is -0.432 e. The molecule has 576 valence electrons. The number of ether oxygens (including phenoxy) is 14. The van der Waals surface area contributed by atoms with Gasteiger partial charge in [-0.25, -0.2) is 0 Å². The Bertz CT molecular complexity index is 2720. The van der Waals surface area contributed by atoms with E-state index in [2.05, 4.69) is 13.5 Å². The van der Waals surface area contributed by atoms with Gasteiger partial charge in [-0.2, -0.15) is 0 Å². The molecule has 11 fully saturated rings. The summed E-state index contributed by atoms with van der Waals surface area (Å²) in [5, 5.41) is 249. The van der Waals surface area contributed by atoms with Gasteiger partial charge in [0.05, 0.1) is 57.3 Å². The molecule has 11 rings (SSSR count). The van der Waals surface area contributed by atoms with E-state index >= 15 is 4.79 Å². The predicted molar refractivity (Wildman–Crippen MR) is 317 cm³/mol. The van der Waals surface area contributed by atoms with Gasteiger partial charge in [-0.3, -0.25) is 4.79 Å². The lowest BCUT2D eigenvalue weighted by Crippen LogP contribution is -2.69. The zero-order valence-electron chi connectivity index (χ0n) is 54.8. The van der Waals surface area contributed by atoms with Crippen molar-refractivity contribution < 1.29 is 189 Å². The molecule has 1 unspecified atom stereocenters. The van der Waals surface area contributed by atoms with E-state index < -0.39 is 295 Å². The fourth-order valence-electron chi connectivity index (χ4n) is 17.9. The van der Waals surface area contributed by atoms with Crippen molar-refractivity contribution >= 4 is 5.97 Å². The third kappa shape index (κ3) is 14.0. The van der Waals surface area contributed by atoms with Crippen molar-refractivity contribution in [3.8, 4) is 0 Å². The van der Waals surface area contributed by atoms with Gasteiger partial charge < -0.3 is 184 Å². The molecule has 100 heavy (non-hydrogen) atoms. The Morgan fingerprint density at radius 2 is 0.720 bits per heavy atom. The lowest BCUT2D eigenvalue weighted by Gasteiger charge is -2.64. The first-order valence-corrected chi connectivity index (χ1v) is 33.9. The van der Waals surface area contributed by atoms with Crippen molar-refractivity contribution in [3.05, 3.63) is 12.2 Å². The van der Waals surface area contributed by atoms with Gasteiger partial charge in [-0.05, 0) is 86.5 Å². The Balaban J connectivity index is 0.896. The zero-order valence-corrected chi connectivity index (χ0v) is 54.8. The minimum absolute atomic E-state index is 0.187. The van der Waals surface area contributed by atoms with Gasteiger partial charge in [0.15, 0.2) is 43.8 Å². The summed E-state index contributed by atoms with van der Waals surface area (Å²) in [6.07, 6.45) is -64.8. The fourth-order valence-corrected chi connectivity index (χ4v) is 17.9. The molecule has 7 aliphatic heterocycles. The summed E-state index contributed by atoms with van der Waals surface area (Å²) >= 11 is 0. The van der Waals surface area contributed by atoms with Crippen LogP contribution in [0.1, 0.15) is 71.6 Å². The summed E-state index contributed by atoms with van der Waals surface area (Å²) in [5.41, 5.74) is -3.61. The first kappa shape index (κ1) is 78.8. The molecule has 1 spiro atoms. The van der Waals surface area contributed by atoms with E-state index in [9.17, 15) is 117 Å². The molecule has 23 N–H and O–H groups in total. The Kier molecular flexibility index (Phi) is 24.6. The summed E-state index contributed by atoms with van der Waals surface area (Å²) in [4.78, 5) is 15.8. The highest BCUT2D eigenvalue weighted by Crippen LogP contribution is 2.74. The number of carbonyl (C=O) groups is 1. The number of carbonyl (C=O) groups excluding carboxylic acids is 1. The van der Waals surface area contributed by atoms with E-state index in [1.54, 1.807) is 6.92 Å². The highest BCUT2D eigenvalue weighted by atomic mass is 16.8. The number of esters is 1. The van der Waals surface area contributed by atoms with Crippen LogP contribution in [0.25, 0.3) is 0 Å². The van der Waals surface area contributed by atoms with E-state index in [-0.39, 0.29) is 25.2 Å². The average Bonchev–Trinajstić information content (AvgIpc) is 1.47. The molecule has 41 atom stereocenters. The zero-order chi connectivity index (χ0) is 72.7. The smallest absolute Gasteiger partial charge is 0.314 e. The average molecular weight is 1450 g/mol. The minimum atomic E-state index is -2.21. The lowest BCUT2D eigenvalue weighted by molar-refractivity contribution is -0.405. The molecule has 2 bridgehead atoms. The molecule has 0 amide bonds. The SMILES string of the molecule is C=C1CC23CC[C@H]4[C@@](C)(CCC[C@@]4(C)C(=O)O[C@@H]4O[C@H](CO)[C@@H](O[C@@H]5O[C@H](CO)[C@@H](O)[C@H](O)[C@H]5O)[C@H](O[C@@H]5O[C@H](CO)[C@@H](O)[C@H](O)[C@H]5O)[C@H]4O[C@@H]4O[C@H](CO)[C@@H](O)[C@H](O)[C@H]4O)[C@@H]2CC[C@]1(O[C@@H]1O[C@H](CO)[C@@H](O)[C@H](O[C@@H]2O[C@H](CO)[C@@H](O)[C@H](O)[C@H]2O)[C@H]1O[C@@H]1O[C@H](CO)[C@@H](O)[C@H](O)[C@H]1O)C3. The highest BCUT2D eigenvalue weighted by molar-refractivity contribution is 5.77. The maximum atomic E-state index is 15.8. The highest BCUT2D eigenvalue weighted by Gasteiger charge is 2.70. The van der Waals surface area contributed by atoms with Gasteiger partial charge in [0.1, 0.15) is 165 Å². The molecule has 0 aromatic heterocycles. The second kappa shape index (κ2) is 31.2. The van der Waals surface area contributed by atoms with E-state index in [4.69, 9.17) is 66.3 Å². The molecule has 0 aromatic carbocycles. The maximum Gasteiger partial charge on any atom is 0.314 e. The maximum absolute atomic E-state index is 15.8. The van der Waals surface area contributed by atoms with Crippen LogP contribution in [-0.2, 0) is 71.1 Å². The summed E-state index contributed by atoms with van der Waals surface area (Å²) < 4.78 is 86.1. The van der Waals surface area contributed by atoms with Crippen molar-refractivity contribution in [2.75, 3.05) is 46.2 Å². The third-order valence-electron chi connectivity index (χ3n) is 23.4. The monoisotopic (exact) mass is 1450 g/mol. The summed E-state index contributed by atoms with van der Waals surface area (Å²) in [7, 11) is 0. The molecule has 7 heterocycles. The van der Waals surface area contributed by atoms with Crippen LogP contribution in [0.2, 0.25) is 0 Å². The first-order chi connectivity index (χ1) is 47.3. The lowest BCUT2D eigenvalue weighted by atomic mass is 9.41. The van der Waals surface area contributed by atoms with E-state index in [0.29, 0.717) is 44.1 Å². The molecule has 38 nitrogen and oxygen atoms in total. The van der Waals surface area contributed by atoms with Crippen LogP contribution in [0, 0.1) is 28.1 Å². The molecule has 7 saturated heterocycles. The van der Waals surface area contributed by atoms with Crippen LogP contribution in [0.3, 0.4) is 0 Å². The molecule has 4 saturated carbocycles. The van der Waals surface area contributed by atoms with E-state index in [1.165, 1.54) is 0 Å². The van der Waals surface area contributed by atoms with Gasteiger partial charge in [-0.15, -0.1) is 0 Å². The Hall–Kier alpha value is -2.23. The van der Waals surface area contributed by atoms with Crippen molar-refractivity contribution in [2.45, 2.75) is 292 Å². The van der Waals surface area contributed by atoms with Crippen LogP contribution in [-0.4, -0.2) is 390 Å². The molecule has 0 aromatic rings. The van der Waals surface area contributed by atoms with Crippen molar-refractivity contribution in [3.63, 3.8) is 0 Å². The molecular weight excluding hydrogens is 1350 g/mol. The van der Waals surface area contributed by atoms with Crippen LogP contribution in [0.4, 0.5) is 0 Å². The van der Waals surface area contributed by atoms with Gasteiger partial charge >= 0.3 is 5.97 Å². The van der Waals surface area contributed by atoms with Crippen LogP contribution < -0.4 is 0 Å². The second-order valence-electron chi connectivity index (χ2n) is 29.2. The van der Waals surface area contributed by atoms with Gasteiger partial charge in [0.25, 0.3) is 0 Å². The summed E-state index contributed by atoms with van der Waals surface area (Å²) in [6.45, 7) is 1.61. The van der Waals surface area contributed by atoms with Crippen LogP contribution in [0.5, 0.6) is 0 Å². The van der Waals surface area contributed by atoms with Crippen LogP contribution >= 0.6 is 0 Å². The second-order valence-corrected chi connectivity index (χ2v) is 29.2. The third-order valence-corrected chi connectivity index (χ3v) is 23.4. The topological polar surface area (TPSA) is 612 Å². The number of aliphatic hydroxyl groups is 23. The predicted octanol–water partition coefficient (Wildman–Crippen LogP) is -11.6. The summed E-state index contributed by atoms with van der Waals surface area (Å²) in [6, 6.07) is 0. The standard InChI is InChI=1S/C62H100O38/c1-20-11-61-9-5-28-59(2,29(61)6-10-62(20,19-61)100-57-49(97-54-44(84)39(79)33(73)24(15-66)90-54)47(35(75)26(17-68)92-57)95-52-42(82)37(77)31(71)22(13-64)88-52)7-4-8-60(28,3)58(86)99-56-50(98-55-45(85)40(80)34(74)25(16-67)91-55)48(96-53-43(83)38(78)32(72)23(14-65)89-53)46(27(18-69)93-56)94-51-41(81)36(76)30(70)21(12-63)87-51/h21-57,63-85H,1,4-19H2,2-3H3/t21-,22-,23-,24-,25-,26-,27-,28+,29+,30-,31-,32-,33-,34-,35-,36+,37+,38+,39+,40+,41-,42-,43-,44-,45-,46-,47+,48+,49-,50-,51+,52+,53+,54+,55+,56+,57+,59-,60-,61?,62+/m1/s1. The number of fused-ring (bicyclic) bond motifs is 3. The molecule has 38 heteroatoms. The largest absolute Gasteiger partial charge is 0.432 e.